The van der Waals surface area contributed by atoms with Gasteiger partial charge in [0, 0.05) is 19.1 Å². The lowest BCUT2D eigenvalue weighted by Crippen LogP contribution is -2.48. The van der Waals surface area contributed by atoms with Crippen LogP contribution in [0.4, 0.5) is 0 Å². The smallest absolute Gasteiger partial charge is 0.267 e. The van der Waals surface area contributed by atoms with Crippen LogP contribution in [0, 0.1) is 5.92 Å². The van der Waals surface area contributed by atoms with E-state index in [4.69, 9.17) is 10.5 Å². The first-order valence-corrected chi connectivity index (χ1v) is 6.67. The molecule has 2 rings (SSSR count). The molecule has 0 radical (unpaired) electrons. The molecule has 1 aromatic rings. The predicted molar refractivity (Wildman–Crippen MR) is 68.5 cm³/mol. The quantitative estimate of drug-likeness (QED) is 0.871. The molecule has 2 unspecified atom stereocenters. The fourth-order valence-corrected chi connectivity index (χ4v) is 2.93. The number of nitrogens with zero attached hydrogens (tertiary/aromatic N) is 1. The van der Waals surface area contributed by atoms with Gasteiger partial charge in [-0.3, -0.25) is 4.79 Å². The molecule has 5 heteroatoms. The number of hydrogen-bond acceptors (Lipinski definition) is 4. The molecule has 2 atom stereocenters. The summed E-state index contributed by atoms with van der Waals surface area (Å²) in [4.78, 5) is 14.9. The Labute approximate surface area is 105 Å². The minimum absolute atomic E-state index is 0.0654. The lowest BCUT2D eigenvalue weighted by atomic mass is 9.95. The number of likely N-dealkylation sites (tertiary alicyclic amines) is 1. The van der Waals surface area contributed by atoms with Crippen LogP contribution in [0.15, 0.2) is 11.4 Å². The molecule has 1 fully saturated rings. The molecule has 1 aliphatic heterocycles. The largest absolute Gasteiger partial charge is 0.495 e. The third-order valence-electron chi connectivity index (χ3n) is 3.30. The van der Waals surface area contributed by atoms with Gasteiger partial charge in [-0.25, -0.2) is 0 Å². The normalized spacial score (nSPS) is 24.8. The first-order chi connectivity index (χ1) is 8.13. The number of methoxy groups -OCH3 is 1. The molecular weight excluding hydrogens is 236 g/mol. The van der Waals surface area contributed by atoms with Crippen molar-refractivity contribution in [1.82, 2.24) is 4.90 Å². The molecule has 1 aliphatic rings. The van der Waals surface area contributed by atoms with Crippen molar-refractivity contribution in [1.29, 1.82) is 0 Å². The van der Waals surface area contributed by atoms with E-state index in [1.807, 2.05) is 16.3 Å². The molecule has 1 aromatic heterocycles. The van der Waals surface area contributed by atoms with Crippen LogP contribution in [0.5, 0.6) is 5.75 Å². The van der Waals surface area contributed by atoms with Crippen molar-refractivity contribution >= 4 is 17.2 Å². The van der Waals surface area contributed by atoms with Gasteiger partial charge >= 0.3 is 0 Å². The number of nitrogens with two attached hydrogens (primary N) is 1. The van der Waals surface area contributed by atoms with Crippen molar-refractivity contribution in [3.8, 4) is 5.75 Å². The third kappa shape index (κ3) is 2.45. The van der Waals surface area contributed by atoms with E-state index in [0.717, 1.165) is 19.5 Å². The maximum Gasteiger partial charge on any atom is 0.267 e. The Morgan fingerprint density at radius 1 is 1.65 bits per heavy atom. The van der Waals surface area contributed by atoms with Crippen LogP contribution >= 0.6 is 11.3 Å². The Kier molecular flexibility index (Phi) is 3.69. The van der Waals surface area contributed by atoms with Crippen molar-refractivity contribution in [2.75, 3.05) is 20.2 Å². The van der Waals surface area contributed by atoms with E-state index in [2.05, 4.69) is 6.92 Å². The molecule has 17 heavy (non-hydrogen) atoms. The van der Waals surface area contributed by atoms with E-state index >= 15 is 0 Å². The highest BCUT2D eigenvalue weighted by atomic mass is 32.1. The highest BCUT2D eigenvalue weighted by molar-refractivity contribution is 7.12. The summed E-state index contributed by atoms with van der Waals surface area (Å²) in [5, 5.41) is 1.88. The monoisotopic (exact) mass is 254 g/mol. The summed E-state index contributed by atoms with van der Waals surface area (Å²) in [5.41, 5.74) is 5.96. The summed E-state index contributed by atoms with van der Waals surface area (Å²) in [6.45, 7) is 3.57. The first kappa shape index (κ1) is 12.4. The zero-order valence-corrected chi connectivity index (χ0v) is 11.0. The number of carbonyl (C=O) groups is 1. The highest BCUT2D eigenvalue weighted by Gasteiger charge is 2.28. The molecule has 0 aliphatic carbocycles. The minimum atomic E-state index is 0.0654. The van der Waals surface area contributed by atoms with Crippen molar-refractivity contribution in [3.63, 3.8) is 0 Å². The van der Waals surface area contributed by atoms with E-state index in [0.29, 0.717) is 16.5 Å². The van der Waals surface area contributed by atoms with Gasteiger partial charge < -0.3 is 15.4 Å². The average molecular weight is 254 g/mol. The van der Waals surface area contributed by atoms with Crippen molar-refractivity contribution in [2.24, 2.45) is 11.7 Å². The summed E-state index contributed by atoms with van der Waals surface area (Å²) in [6, 6.07) is 2.04. The van der Waals surface area contributed by atoms with Gasteiger partial charge in [0.15, 0.2) is 0 Å². The zero-order chi connectivity index (χ0) is 12.4. The van der Waals surface area contributed by atoms with Crippen LogP contribution in [0.3, 0.4) is 0 Å². The second kappa shape index (κ2) is 5.06. The molecular formula is C12H18N2O2S. The number of amides is 1. The molecule has 1 saturated heterocycles. The Bertz CT molecular complexity index is 405. The molecule has 1 amide bonds. The molecule has 0 saturated carbocycles. The number of carbonyl (C=O) groups excluding carboxylic acids is 1. The maximum absolute atomic E-state index is 12.3. The van der Waals surface area contributed by atoms with Gasteiger partial charge in [-0.15, -0.1) is 11.3 Å². The number of ether oxygens (including phenoxy) is 1. The summed E-state index contributed by atoms with van der Waals surface area (Å²) in [7, 11) is 1.59. The fourth-order valence-electron chi connectivity index (χ4n) is 2.11. The minimum Gasteiger partial charge on any atom is -0.495 e. The number of rotatable bonds is 2. The van der Waals surface area contributed by atoms with Gasteiger partial charge in [0.2, 0.25) is 0 Å². The number of hydrogen-bond donors (Lipinski definition) is 1. The van der Waals surface area contributed by atoms with Crippen LogP contribution in [0.1, 0.15) is 23.0 Å². The number of thiophene rings is 1. The van der Waals surface area contributed by atoms with E-state index in [1.54, 1.807) is 7.11 Å². The fraction of sp³-hybridized carbons (Fsp3) is 0.583. The summed E-state index contributed by atoms with van der Waals surface area (Å²) < 4.78 is 5.18. The highest BCUT2D eigenvalue weighted by Crippen LogP contribution is 2.27. The maximum atomic E-state index is 12.3. The zero-order valence-electron chi connectivity index (χ0n) is 10.2. The number of piperidine rings is 1. The van der Waals surface area contributed by atoms with Gasteiger partial charge in [0.1, 0.15) is 10.6 Å². The van der Waals surface area contributed by atoms with Crippen LogP contribution in [-0.4, -0.2) is 37.0 Å². The van der Waals surface area contributed by atoms with Crippen LogP contribution in [-0.2, 0) is 0 Å². The van der Waals surface area contributed by atoms with Crippen molar-refractivity contribution < 1.29 is 9.53 Å². The molecule has 0 spiro atoms. The Morgan fingerprint density at radius 3 is 3.06 bits per heavy atom. The molecule has 2 N–H and O–H groups in total. The van der Waals surface area contributed by atoms with Gasteiger partial charge in [-0.1, -0.05) is 6.92 Å². The third-order valence-corrected chi connectivity index (χ3v) is 4.19. The lowest BCUT2D eigenvalue weighted by molar-refractivity contribution is 0.0666. The second-order valence-corrected chi connectivity index (χ2v) is 5.42. The van der Waals surface area contributed by atoms with Crippen LogP contribution in [0.25, 0.3) is 0 Å². The predicted octanol–water partition coefficient (Wildman–Crippen LogP) is 1.57. The van der Waals surface area contributed by atoms with Crippen LogP contribution in [0.2, 0.25) is 0 Å². The average Bonchev–Trinajstić information content (AvgIpc) is 2.80. The van der Waals surface area contributed by atoms with Crippen molar-refractivity contribution in [2.45, 2.75) is 19.4 Å². The molecule has 2 heterocycles. The van der Waals surface area contributed by atoms with Crippen LogP contribution < -0.4 is 10.5 Å². The first-order valence-electron chi connectivity index (χ1n) is 5.79. The van der Waals surface area contributed by atoms with Gasteiger partial charge in [-0.2, -0.15) is 0 Å². The second-order valence-electron chi connectivity index (χ2n) is 4.50. The van der Waals surface area contributed by atoms with Crippen molar-refractivity contribution in [3.05, 3.63) is 16.3 Å². The topological polar surface area (TPSA) is 55.6 Å². The van der Waals surface area contributed by atoms with Gasteiger partial charge in [0.05, 0.1) is 7.11 Å². The molecule has 4 nitrogen and oxygen atoms in total. The lowest BCUT2D eigenvalue weighted by Gasteiger charge is -2.34. The van der Waals surface area contributed by atoms with Gasteiger partial charge in [-0.05, 0) is 23.8 Å². The van der Waals surface area contributed by atoms with E-state index in [-0.39, 0.29) is 11.9 Å². The Hall–Kier alpha value is -1.07. The Balaban J connectivity index is 2.10. The van der Waals surface area contributed by atoms with Gasteiger partial charge in [0.25, 0.3) is 5.91 Å². The van der Waals surface area contributed by atoms with E-state index < -0.39 is 0 Å². The molecule has 94 valence electrons. The molecule has 0 bridgehead atoms. The summed E-state index contributed by atoms with van der Waals surface area (Å²) in [5.74, 6) is 1.09. The SMILES string of the molecule is COc1ccsc1C(=O)N1CCC(N)C(C)C1. The Morgan fingerprint density at radius 2 is 2.41 bits per heavy atom. The van der Waals surface area contributed by atoms with E-state index in [1.165, 1.54) is 11.3 Å². The summed E-state index contributed by atoms with van der Waals surface area (Å²) >= 11 is 1.43. The standard InChI is InChI=1S/C12H18N2O2S/c1-8-7-14(5-3-9(8)13)12(15)11-10(16-2)4-6-17-11/h4,6,8-9H,3,5,7,13H2,1-2H3. The summed E-state index contributed by atoms with van der Waals surface area (Å²) in [6.07, 6.45) is 0.876. The molecule has 0 aromatic carbocycles. The van der Waals surface area contributed by atoms with E-state index in [9.17, 15) is 4.79 Å².